The van der Waals surface area contributed by atoms with Crippen LogP contribution in [-0.4, -0.2) is 25.0 Å². The van der Waals surface area contributed by atoms with E-state index >= 15 is 0 Å². The smallest absolute Gasteiger partial charge is 0.127 e. The molecular formula is C10H15FN2. The standard InChI is InChI=1S/C10H15FN2/c1-13(7-6-12)8-9-4-2-3-5-10(9)11/h2-5H,6-8,12H2,1H3. The van der Waals surface area contributed by atoms with Gasteiger partial charge in [0.15, 0.2) is 0 Å². The van der Waals surface area contributed by atoms with Crippen molar-refractivity contribution in [3.8, 4) is 0 Å². The van der Waals surface area contributed by atoms with Gasteiger partial charge < -0.3 is 10.6 Å². The number of nitrogens with zero attached hydrogens (tertiary/aromatic N) is 1. The van der Waals surface area contributed by atoms with Crippen molar-refractivity contribution in [2.75, 3.05) is 20.1 Å². The van der Waals surface area contributed by atoms with E-state index in [1.807, 2.05) is 18.0 Å². The van der Waals surface area contributed by atoms with Gasteiger partial charge in [-0.1, -0.05) is 18.2 Å². The van der Waals surface area contributed by atoms with Crippen molar-refractivity contribution in [2.24, 2.45) is 5.73 Å². The first-order valence-corrected chi connectivity index (χ1v) is 4.36. The van der Waals surface area contributed by atoms with E-state index in [0.29, 0.717) is 13.1 Å². The Hall–Kier alpha value is -0.930. The quantitative estimate of drug-likeness (QED) is 0.758. The molecule has 0 unspecified atom stereocenters. The summed E-state index contributed by atoms with van der Waals surface area (Å²) >= 11 is 0. The van der Waals surface area contributed by atoms with Gasteiger partial charge in [0, 0.05) is 25.2 Å². The molecule has 1 aromatic rings. The van der Waals surface area contributed by atoms with Crippen molar-refractivity contribution in [3.63, 3.8) is 0 Å². The number of halogens is 1. The molecule has 0 aliphatic heterocycles. The summed E-state index contributed by atoms with van der Waals surface area (Å²) < 4.78 is 13.1. The molecule has 2 N–H and O–H groups in total. The Morgan fingerprint density at radius 2 is 2.08 bits per heavy atom. The lowest BCUT2D eigenvalue weighted by Crippen LogP contribution is -2.25. The second-order valence-electron chi connectivity index (χ2n) is 3.12. The maximum absolute atomic E-state index is 13.1. The largest absolute Gasteiger partial charge is 0.329 e. The van der Waals surface area contributed by atoms with Crippen molar-refractivity contribution in [1.82, 2.24) is 4.90 Å². The summed E-state index contributed by atoms with van der Waals surface area (Å²) in [6.07, 6.45) is 0. The van der Waals surface area contributed by atoms with Gasteiger partial charge in [-0.2, -0.15) is 0 Å². The van der Waals surface area contributed by atoms with Crippen LogP contribution in [0.4, 0.5) is 4.39 Å². The van der Waals surface area contributed by atoms with Gasteiger partial charge in [0.05, 0.1) is 0 Å². The van der Waals surface area contributed by atoms with Gasteiger partial charge in [0.1, 0.15) is 5.82 Å². The average Bonchev–Trinajstić information content (AvgIpc) is 2.09. The van der Waals surface area contributed by atoms with E-state index in [2.05, 4.69) is 0 Å². The highest BCUT2D eigenvalue weighted by molar-refractivity contribution is 5.16. The molecule has 0 aliphatic rings. The molecule has 1 aromatic carbocycles. The van der Waals surface area contributed by atoms with Gasteiger partial charge in [-0.15, -0.1) is 0 Å². The van der Waals surface area contributed by atoms with Gasteiger partial charge in [0.2, 0.25) is 0 Å². The summed E-state index contributed by atoms with van der Waals surface area (Å²) in [5.41, 5.74) is 6.11. The van der Waals surface area contributed by atoms with Crippen LogP contribution >= 0.6 is 0 Å². The summed E-state index contributed by atoms with van der Waals surface area (Å²) in [5, 5.41) is 0. The van der Waals surface area contributed by atoms with Crippen LogP contribution in [0.15, 0.2) is 24.3 Å². The molecule has 13 heavy (non-hydrogen) atoms. The third-order valence-electron chi connectivity index (χ3n) is 1.91. The molecule has 0 radical (unpaired) electrons. The number of hydrogen-bond acceptors (Lipinski definition) is 2. The van der Waals surface area contributed by atoms with E-state index in [-0.39, 0.29) is 5.82 Å². The van der Waals surface area contributed by atoms with Gasteiger partial charge in [-0.3, -0.25) is 0 Å². The first kappa shape index (κ1) is 10.2. The van der Waals surface area contributed by atoms with E-state index in [0.717, 1.165) is 12.1 Å². The van der Waals surface area contributed by atoms with Crippen molar-refractivity contribution in [1.29, 1.82) is 0 Å². The number of hydrogen-bond donors (Lipinski definition) is 1. The predicted octanol–water partition coefficient (Wildman–Crippen LogP) is 1.22. The summed E-state index contributed by atoms with van der Waals surface area (Å²) in [6.45, 7) is 2.00. The zero-order valence-corrected chi connectivity index (χ0v) is 7.83. The highest BCUT2D eigenvalue weighted by Crippen LogP contribution is 2.07. The molecule has 3 heteroatoms. The van der Waals surface area contributed by atoms with Gasteiger partial charge >= 0.3 is 0 Å². The van der Waals surface area contributed by atoms with E-state index in [1.165, 1.54) is 6.07 Å². The highest BCUT2D eigenvalue weighted by atomic mass is 19.1. The van der Waals surface area contributed by atoms with Crippen molar-refractivity contribution < 1.29 is 4.39 Å². The lowest BCUT2D eigenvalue weighted by atomic mass is 10.2. The van der Waals surface area contributed by atoms with Crippen molar-refractivity contribution in [3.05, 3.63) is 35.6 Å². The Labute approximate surface area is 78.2 Å². The monoisotopic (exact) mass is 182 g/mol. The van der Waals surface area contributed by atoms with Gasteiger partial charge in [-0.05, 0) is 13.1 Å². The van der Waals surface area contributed by atoms with Crippen LogP contribution in [0.25, 0.3) is 0 Å². The molecule has 0 heterocycles. The topological polar surface area (TPSA) is 29.3 Å². The fourth-order valence-electron chi connectivity index (χ4n) is 1.22. The number of likely N-dealkylation sites (N-methyl/N-ethyl adjacent to an activating group) is 1. The van der Waals surface area contributed by atoms with E-state index in [4.69, 9.17) is 5.73 Å². The Morgan fingerprint density at radius 1 is 1.38 bits per heavy atom. The van der Waals surface area contributed by atoms with Crippen molar-refractivity contribution in [2.45, 2.75) is 6.54 Å². The third-order valence-corrected chi connectivity index (χ3v) is 1.91. The normalized spacial score (nSPS) is 10.8. The van der Waals surface area contributed by atoms with Crippen LogP contribution in [-0.2, 0) is 6.54 Å². The summed E-state index contributed by atoms with van der Waals surface area (Å²) in [4.78, 5) is 2.00. The molecule has 0 aliphatic carbocycles. The summed E-state index contributed by atoms with van der Waals surface area (Å²) in [6, 6.07) is 6.81. The van der Waals surface area contributed by atoms with Gasteiger partial charge in [-0.25, -0.2) is 4.39 Å². The first-order chi connectivity index (χ1) is 6.24. The van der Waals surface area contributed by atoms with E-state index in [9.17, 15) is 4.39 Å². The average molecular weight is 182 g/mol. The molecule has 2 nitrogen and oxygen atoms in total. The van der Waals surface area contributed by atoms with E-state index < -0.39 is 0 Å². The zero-order chi connectivity index (χ0) is 9.68. The summed E-state index contributed by atoms with van der Waals surface area (Å²) in [5.74, 6) is -0.147. The lowest BCUT2D eigenvalue weighted by Gasteiger charge is -2.15. The highest BCUT2D eigenvalue weighted by Gasteiger charge is 2.03. The fraction of sp³-hybridized carbons (Fsp3) is 0.400. The molecular weight excluding hydrogens is 167 g/mol. The zero-order valence-electron chi connectivity index (χ0n) is 7.83. The minimum Gasteiger partial charge on any atom is -0.329 e. The molecule has 0 amide bonds. The Balaban J connectivity index is 2.58. The minimum absolute atomic E-state index is 0.147. The number of benzene rings is 1. The van der Waals surface area contributed by atoms with Gasteiger partial charge in [0.25, 0.3) is 0 Å². The van der Waals surface area contributed by atoms with Crippen LogP contribution in [0.5, 0.6) is 0 Å². The Morgan fingerprint density at radius 3 is 2.69 bits per heavy atom. The third kappa shape index (κ3) is 3.13. The fourth-order valence-corrected chi connectivity index (χ4v) is 1.22. The lowest BCUT2D eigenvalue weighted by molar-refractivity contribution is 0.330. The molecule has 0 fully saturated rings. The number of nitrogens with two attached hydrogens (primary N) is 1. The second kappa shape index (κ2) is 4.94. The van der Waals surface area contributed by atoms with Crippen LogP contribution in [0.2, 0.25) is 0 Å². The Kier molecular flexibility index (Phi) is 3.86. The Bertz CT molecular complexity index is 263. The first-order valence-electron chi connectivity index (χ1n) is 4.36. The van der Waals surface area contributed by atoms with Crippen LogP contribution < -0.4 is 5.73 Å². The molecule has 0 spiro atoms. The molecule has 72 valence electrons. The minimum atomic E-state index is -0.147. The molecule has 1 rings (SSSR count). The van der Waals surface area contributed by atoms with Crippen LogP contribution in [0, 0.1) is 5.82 Å². The summed E-state index contributed by atoms with van der Waals surface area (Å²) in [7, 11) is 1.93. The van der Waals surface area contributed by atoms with Crippen LogP contribution in [0.1, 0.15) is 5.56 Å². The molecule has 0 atom stereocenters. The molecule has 0 aromatic heterocycles. The number of rotatable bonds is 4. The maximum atomic E-state index is 13.1. The predicted molar refractivity (Wildman–Crippen MR) is 51.8 cm³/mol. The van der Waals surface area contributed by atoms with E-state index in [1.54, 1.807) is 12.1 Å². The SMILES string of the molecule is CN(CCN)Cc1ccccc1F. The molecule has 0 saturated heterocycles. The van der Waals surface area contributed by atoms with Crippen molar-refractivity contribution >= 4 is 0 Å². The van der Waals surface area contributed by atoms with Crippen LogP contribution in [0.3, 0.4) is 0 Å². The molecule has 0 saturated carbocycles. The molecule has 0 bridgehead atoms. The second-order valence-corrected chi connectivity index (χ2v) is 3.12. The maximum Gasteiger partial charge on any atom is 0.127 e.